The fourth-order valence-electron chi connectivity index (χ4n) is 2.66. The van der Waals surface area contributed by atoms with Gasteiger partial charge in [0.1, 0.15) is 0 Å². The first-order chi connectivity index (χ1) is 9.11. The van der Waals surface area contributed by atoms with Crippen LogP contribution in [0.5, 0.6) is 0 Å². The van der Waals surface area contributed by atoms with Crippen molar-refractivity contribution in [2.75, 3.05) is 18.0 Å². The van der Waals surface area contributed by atoms with Gasteiger partial charge in [-0.25, -0.2) is 0 Å². The van der Waals surface area contributed by atoms with Gasteiger partial charge in [-0.05, 0) is 18.9 Å². The molecule has 1 aliphatic rings. The number of anilines is 1. The lowest BCUT2D eigenvalue weighted by Gasteiger charge is -2.24. The van der Waals surface area contributed by atoms with Crippen LogP contribution in [0.2, 0.25) is 0 Å². The van der Waals surface area contributed by atoms with Gasteiger partial charge in [-0.3, -0.25) is 4.79 Å². The van der Waals surface area contributed by atoms with Crippen molar-refractivity contribution in [3.63, 3.8) is 0 Å². The van der Waals surface area contributed by atoms with E-state index in [-0.39, 0.29) is 11.9 Å². The first-order valence-electron chi connectivity index (χ1n) is 6.90. The average Bonchev–Trinajstić information content (AvgIpc) is 2.85. The molecule has 1 saturated heterocycles. The summed E-state index contributed by atoms with van der Waals surface area (Å²) in [7, 11) is 0. The van der Waals surface area contributed by atoms with Crippen LogP contribution in [-0.2, 0) is 4.79 Å². The van der Waals surface area contributed by atoms with Gasteiger partial charge in [-0.2, -0.15) is 0 Å². The average molecular weight is 262 g/mol. The van der Waals surface area contributed by atoms with Gasteiger partial charge in [0.25, 0.3) is 0 Å². The number of hydrogen-bond acceptors (Lipinski definition) is 3. The molecular formula is C15H22N2O2. The number of nitrogens with zero attached hydrogens (tertiary/aromatic N) is 1. The molecule has 0 saturated carbocycles. The van der Waals surface area contributed by atoms with Crippen LogP contribution in [0.4, 0.5) is 5.69 Å². The zero-order valence-electron chi connectivity index (χ0n) is 11.6. The fourth-order valence-corrected chi connectivity index (χ4v) is 2.66. The number of benzene rings is 1. The van der Waals surface area contributed by atoms with Crippen molar-refractivity contribution in [3.05, 3.63) is 29.8 Å². The molecule has 1 fully saturated rings. The topological polar surface area (TPSA) is 52.6 Å². The molecule has 2 atom stereocenters. The van der Waals surface area contributed by atoms with Crippen molar-refractivity contribution in [2.24, 2.45) is 0 Å². The van der Waals surface area contributed by atoms with E-state index in [2.05, 4.69) is 10.2 Å². The van der Waals surface area contributed by atoms with Gasteiger partial charge >= 0.3 is 0 Å². The van der Waals surface area contributed by atoms with Crippen LogP contribution in [-0.4, -0.2) is 30.1 Å². The molecule has 1 aromatic carbocycles. The molecule has 4 nitrogen and oxygen atoms in total. The highest BCUT2D eigenvalue weighted by Crippen LogP contribution is 2.30. The number of rotatable bonds is 4. The molecule has 0 bridgehead atoms. The Morgan fingerprint density at radius 3 is 2.95 bits per heavy atom. The Labute approximate surface area is 114 Å². The second-order valence-corrected chi connectivity index (χ2v) is 5.11. The van der Waals surface area contributed by atoms with Gasteiger partial charge in [0.05, 0.1) is 6.10 Å². The van der Waals surface area contributed by atoms with E-state index in [1.54, 1.807) is 6.92 Å². The number of aliphatic hydroxyl groups is 1. The summed E-state index contributed by atoms with van der Waals surface area (Å²) in [6.07, 6.45) is 1.24. The smallest absolute Gasteiger partial charge is 0.217 e. The highest BCUT2D eigenvalue weighted by molar-refractivity contribution is 5.73. The molecule has 0 aliphatic carbocycles. The van der Waals surface area contributed by atoms with Crippen molar-refractivity contribution < 1.29 is 9.90 Å². The van der Waals surface area contributed by atoms with Crippen molar-refractivity contribution in [1.82, 2.24) is 5.32 Å². The maximum atomic E-state index is 11.1. The monoisotopic (exact) mass is 262 g/mol. The molecule has 1 heterocycles. The first-order valence-corrected chi connectivity index (χ1v) is 6.90. The first kappa shape index (κ1) is 13.9. The van der Waals surface area contributed by atoms with Crippen LogP contribution in [0.3, 0.4) is 0 Å². The molecule has 1 aromatic rings. The third-order valence-corrected chi connectivity index (χ3v) is 3.62. The second-order valence-electron chi connectivity index (χ2n) is 5.11. The van der Waals surface area contributed by atoms with E-state index in [0.29, 0.717) is 6.42 Å². The number of hydrogen-bond donors (Lipinski definition) is 2. The minimum absolute atomic E-state index is 0.0220. The van der Waals surface area contributed by atoms with Crippen LogP contribution < -0.4 is 10.2 Å². The largest absolute Gasteiger partial charge is 0.388 e. The number of amides is 1. The number of carbonyl (C=O) groups excluding carboxylic acids is 1. The zero-order chi connectivity index (χ0) is 13.8. The van der Waals surface area contributed by atoms with E-state index in [4.69, 9.17) is 0 Å². The lowest BCUT2D eigenvalue weighted by atomic mass is 10.0. The van der Waals surface area contributed by atoms with E-state index >= 15 is 0 Å². The van der Waals surface area contributed by atoms with E-state index in [0.717, 1.165) is 30.8 Å². The van der Waals surface area contributed by atoms with Crippen LogP contribution >= 0.6 is 0 Å². The lowest BCUT2D eigenvalue weighted by Crippen LogP contribution is -2.35. The van der Waals surface area contributed by atoms with Gasteiger partial charge in [0.2, 0.25) is 5.91 Å². The number of para-hydroxylation sites is 1. The summed E-state index contributed by atoms with van der Waals surface area (Å²) in [4.78, 5) is 13.3. The highest BCUT2D eigenvalue weighted by Gasteiger charge is 2.25. The van der Waals surface area contributed by atoms with Crippen molar-refractivity contribution in [3.8, 4) is 0 Å². The Morgan fingerprint density at radius 1 is 1.53 bits per heavy atom. The quantitative estimate of drug-likeness (QED) is 0.870. The van der Waals surface area contributed by atoms with Gasteiger partial charge in [0, 0.05) is 37.3 Å². The highest BCUT2D eigenvalue weighted by atomic mass is 16.3. The van der Waals surface area contributed by atoms with Crippen molar-refractivity contribution >= 4 is 11.6 Å². The van der Waals surface area contributed by atoms with Crippen LogP contribution in [0.1, 0.15) is 38.4 Å². The van der Waals surface area contributed by atoms with E-state index < -0.39 is 6.10 Å². The minimum Gasteiger partial charge on any atom is -0.388 e. The Hall–Kier alpha value is -1.55. The molecule has 0 aromatic heterocycles. The molecule has 19 heavy (non-hydrogen) atoms. The Balaban J connectivity index is 2.13. The molecular weight excluding hydrogens is 240 g/mol. The van der Waals surface area contributed by atoms with Gasteiger partial charge < -0.3 is 15.3 Å². The van der Waals surface area contributed by atoms with Crippen molar-refractivity contribution in [2.45, 2.75) is 38.8 Å². The van der Waals surface area contributed by atoms with Gasteiger partial charge in [0.15, 0.2) is 0 Å². The minimum atomic E-state index is -0.420. The fraction of sp³-hybridized carbons (Fsp3) is 0.533. The zero-order valence-corrected chi connectivity index (χ0v) is 11.6. The van der Waals surface area contributed by atoms with Gasteiger partial charge in [-0.15, -0.1) is 0 Å². The SMILES string of the molecule is CC[C@H](O)c1ccccc1N1CCC(NC(C)=O)C1. The van der Waals surface area contributed by atoms with E-state index in [1.807, 2.05) is 31.2 Å². The third kappa shape index (κ3) is 3.26. The molecule has 0 radical (unpaired) electrons. The Bertz CT molecular complexity index is 448. The normalized spacial score (nSPS) is 20.4. The van der Waals surface area contributed by atoms with Crippen LogP contribution in [0.25, 0.3) is 0 Å². The van der Waals surface area contributed by atoms with Gasteiger partial charge in [-0.1, -0.05) is 25.1 Å². The molecule has 0 spiro atoms. The van der Waals surface area contributed by atoms with E-state index in [1.165, 1.54) is 0 Å². The maximum Gasteiger partial charge on any atom is 0.217 e. The standard InChI is InChI=1S/C15H22N2O2/c1-3-15(19)13-6-4-5-7-14(13)17-9-8-12(10-17)16-11(2)18/h4-7,12,15,19H,3,8-10H2,1-2H3,(H,16,18)/t12?,15-/m0/s1. The van der Waals surface area contributed by atoms with Crippen LogP contribution in [0, 0.1) is 0 Å². The lowest BCUT2D eigenvalue weighted by molar-refractivity contribution is -0.119. The summed E-state index contributed by atoms with van der Waals surface area (Å²) in [5, 5.41) is 13.0. The summed E-state index contributed by atoms with van der Waals surface area (Å²) in [5.41, 5.74) is 2.07. The maximum absolute atomic E-state index is 11.1. The molecule has 1 aliphatic heterocycles. The molecule has 2 rings (SSSR count). The van der Waals surface area contributed by atoms with Crippen LogP contribution in [0.15, 0.2) is 24.3 Å². The number of aliphatic hydroxyl groups excluding tert-OH is 1. The Kier molecular flexibility index (Phi) is 4.43. The molecule has 2 N–H and O–H groups in total. The number of carbonyl (C=O) groups is 1. The summed E-state index contributed by atoms with van der Waals surface area (Å²) in [6, 6.07) is 8.19. The summed E-state index contributed by atoms with van der Waals surface area (Å²) < 4.78 is 0. The second kappa shape index (κ2) is 6.06. The predicted molar refractivity (Wildman–Crippen MR) is 76.1 cm³/mol. The molecule has 1 amide bonds. The van der Waals surface area contributed by atoms with E-state index in [9.17, 15) is 9.90 Å². The summed E-state index contributed by atoms with van der Waals surface area (Å²) in [5.74, 6) is 0.0220. The molecule has 4 heteroatoms. The van der Waals surface area contributed by atoms with Crippen molar-refractivity contribution in [1.29, 1.82) is 0 Å². The molecule has 104 valence electrons. The molecule has 1 unspecified atom stereocenters. The predicted octanol–water partition coefficient (Wildman–Crippen LogP) is 1.84. The number of nitrogens with one attached hydrogen (secondary N) is 1. The summed E-state index contributed by atoms with van der Waals surface area (Å²) in [6.45, 7) is 5.26. The summed E-state index contributed by atoms with van der Waals surface area (Å²) >= 11 is 0. The Morgan fingerprint density at radius 2 is 2.26 bits per heavy atom. The third-order valence-electron chi connectivity index (χ3n) is 3.62.